The van der Waals surface area contributed by atoms with Crippen molar-refractivity contribution in [3.63, 3.8) is 0 Å². The number of nitrogens with zero attached hydrogens (tertiary/aromatic N) is 1. The van der Waals surface area contributed by atoms with Gasteiger partial charge in [0.1, 0.15) is 11.3 Å². The number of hydrogen-bond donors (Lipinski definition) is 2. The van der Waals surface area contributed by atoms with Crippen LogP contribution in [0.25, 0.3) is 11.1 Å². The fourth-order valence-corrected chi connectivity index (χ4v) is 5.13. The van der Waals surface area contributed by atoms with E-state index in [2.05, 4.69) is 15.0 Å². The van der Waals surface area contributed by atoms with E-state index in [1.807, 2.05) is 24.3 Å². The number of ether oxygens (including phenoxy) is 1. The number of fused-ring (bicyclic) bond motifs is 1. The predicted molar refractivity (Wildman–Crippen MR) is 137 cm³/mol. The first-order valence-electron chi connectivity index (χ1n) is 10.5. The summed E-state index contributed by atoms with van der Waals surface area (Å²) >= 11 is 7.06. The Morgan fingerprint density at radius 3 is 2.66 bits per heavy atom. The summed E-state index contributed by atoms with van der Waals surface area (Å²) < 4.78 is 38.7. The van der Waals surface area contributed by atoms with Gasteiger partial charge in [-0.25, -0.2) is 13.4 Å². The molecule has 0 bridgehead atoms. The SMILES string of the molecule is COc1ccc(CCNC(=O)CSc2nc3cc(S(=O)(=O)Nc4cccc(Cl)c4)ccc3o2)cc1. The first-order chi connectivity index (χ1) is 16.8. The average molecular weight is 532 g/mol. The molecule has 11 heteroatoms. The van der Waals surface area contributed by atoms with Crippen molar-refractivity contribution in [2.45, 2.75) is 16.5 Å². The summed E-state index contributed by atoms with van der Waals surface area (Å²) in [5, 5.41) is 3.56. The Labute approximate surface area is 212 Å². The molecule has 35 heavy (non-hydrogen) atoms. The van der Waals surface area contributed by atoms with Crippen LogP contribution in [0.3, 0.4) is 0 Å². The second-order valence-electron chi connectivity index (χ2n) is 7.46. The van der Waals surface area contributed by atoms with Gasteiger partial charge in [0.2, 0.25) is 5.91 Å². The lowest BCUT2D eigenvalue weighted by molar-refractivity contribution is -0.118. The lowest BCUT2D eigenvalue weighted by atomic mass is 10.1. The van der Waals surface area contributed by atoms with Crippen molar-refractivity contribution >= 4 is 56.1 Å². The van der Waals surface area contributed by atoms with Crippen molar-refractivity contribution in [2.24, 2.45) is 0 Å². The van der Waals surface area contributed by atoms with Crippen LogP contribution < -0.4 is 14.8 Å². The van der Waals surface area contributed by atoms with Gasteiger partial charge < -0.3 is 14.5 Å². The Morgan fingerprint density at radius 2 is 1.91 bits per heavy atom. The van der Waals surface area contributed by atoms with Crippen LogP contribution in [0.1, 0.15) is 5.56 Å². The van der Waals surface area contributed by atoms with E-state index in [1.54, 1.807) is 25.3 Å². The quantitative estimate of drug-likeness (QED) is 0.284. The highest BCUT2D eigenvalue weighted by Gasteiger charge is 2.17. The number of benzene rings is 3. The van der Waals surface area contributed by atoms with E-state index < -0.39 is 10.0 Å². The minimum Gasteiger partial charge on any atom is -0.497 e. The van der Waals surface area contributed by atoms with Crippen molar-refractivity contribution in [1.29, 1.82) is 0 Å². The third-order valence-corrected chi connectivity index (χ3v) is 7.39. The number of thioether (sulfide) groups is 1. The van der Waals surface area contributed by atoms with Crippen molar-refractivity contribution in [3.05, 3.63) is 77.3 Å². The van der Waals surface area contributed by atoms with Crippen molar-refractivity contribution in [3.8, 4) is 5.75 Å². The highest BCUT2D eigenvalue weighted by molar-refractivity contribution is 7.99. The Hall–Kier alpha value is -3.21. The molecule has 0 aliphatic heterocycles. The third kappa shape index (κ3) is 6.68. The number of anilines is 1. The molecule has 4 rings (SSSR count). The molecular formula is C24H22ClN3O5S2. The number of carbonyl (C=O) groups is 1. The molecule has 0 unspecified atom stereocenters. The lowest BCUT2D eigenvalue weighted by Crippen LogP contribution is -2.27. The van der Waals surface area contributed by atoms with Gasteiger partial charge in [-0.05, 0) is 60.5 Å². The van der Waals surface area contributed by atoms with Gasteiger partial charge in [0.25, 0.3) is 15.2 Å². The summed E-state index contributed by atoms with van der Waals surface area (Å²) in [4.78, 5) is 16.5. The van der Waals surface area contributed by atoms with Gasteiger partial charge in [-0.2, -0.15) is 0 Å². The second kappa shape index (κ2) is 11.0. The van der Waals surface area contributed by atoms with Crippen LogP contribution in [0.5, 0.6) is 5.75 Å². The van der Waals surface area contributed by atoms with Crippen LogP contribution >= 0.6 is 23.4 Å². The Bertz CT molecular complexity index is 1440. The van der Waals surface area contributed by atoms with E-state index >= 15 is 0 Å². The third-order valence-electron chi connectivity index (χ3n) is 4.95. The predicted octanol–water partition coefficient (Wildman–Crippen LogP) is 4.74. The summed E-state index contributed by atoms with van der Waals surface area (Å²) in [5.41, 5.74) is 2.25. The lowest BCUT2D eigenvalue weighted by Gasteiger charge is -2.08. The van der Waals surface area contributed by atoms with Crippen molar-refractivity contribution in [2.75, 3.05) is 24.1 Å². The Balaban J connectivity index is 1.32. The van der Waals surface area contributed by atoms with Crippen LogP contribution in [0.4, 0.5) is 5.69 Å². The molecule has 1 heterocycles. The van der Waals surface area contributed by atoms with Gasteiger partial charge in [0, 0.05) is 11.6 Å². The maximum absolute atomic E-state index is 12.7. The molecule has 0 aliphatic carbocycles. The van der Waals surface area contributed by atoms with Crippen molar-refractivity contribution in [1.82, 2.24) is 10.3 Å². The van der Waals surface area contributed by atoms with Crippen LogP contribution in [-0.4, -0.2) is 38.7 Å². The van der Waals surface area contributed by atoms with Crippen LogP contribution in [0.2, 0.25) is 5.02 Å². The van der Waals surface area contributed by atoms with Crippen molar-refractivity contribution < 1.29 is 22.4 Å². The largest absolute Gasteiger partial charge is 0.497 e. The van der Waals surface area contributed by atoms with E-state index in [0.717, 1.165) is 23.1 Å². The molecular weight excluding hydrogens is 510 g/mol. The van der Waals surface area contributed by atoms with Gasteiger partial charge in [-0.3, -0.25) is 9.52 Å². The number of halogens is 1. The van der Waals surface area contributed by atoms with E-state index in [4.69, 9.17) is 20.8 Å². The molecule has 2 N–H and O–H groups in total. The van der Waals surface area contributed by atoms with Crippen LogP contribution in [-0.2, 0) is 21.2 Å². The van der Waals surface area contributed by atoms with Gasteiger partial charge in [-0.15, -0.1) is 0 Å². The fraction of sp³-hybridized carbons (Fsp3) is 0.167. The number of hydrogen-bond acceptors (Lipinski definition) is 7. The maximum atomic E-state index is 12.7. The van der Waals surface area contributed by atoms with E-state index in [1.165, 1.54) is 24.3 Å². The molecule has 1 amide bonds. The van der Waals surface area contributed by atoms with E-state index in [0.29, 0.717) is 34.8 Å². The summed E-state index contributed by atoms with van der Waals surface area (Å²) in [6, 6.07) is 18.5. The monoisotopic (exact) mass is 531 g/mol. The minimum atomic E-state index is -3.84. The summed E-state index contributed by atoms with van der Waals surface area (Å²) in [5.74, 6) is 0.756. The minimum absolute atomic E-state index is 0.0334. The maximum Gasteiger partial charge on any atom is 0.261 e. The number of amides is 1. The van der Waals surface area contributed by atoms with E-state index in [-0.39, 0.29) is 21.8 Å². The molecule has 0 radical (unpaired) electrons. The number of sulfonamides is 1. The molecule has 8 nitrogen and oxygen atoms in total. The summed E-state index contributed by atoms with van der Waals surface area (Å²) in [6.45, 7) is 0.500. The average Bonchev–Trinajstić information content (AvgIpc) is 3.25. The van der Waals surface area contributed by atoms with Gasteiger partial charge in [-0.1, -0.05) is 41.6 Å². The molecule has 0 aliphatic rings. The molecule has 0 atom stereocenters. The topological polar surface area (TPSA) is 111 Å². The second-order valence-corrected chi connectivity index (χ2v) is 10.5. The fourth-order valence-electron chi connectivity index (χ4n) is 3.20. The number of rotatable bonds is 10. The number of nitrogens with one attached hydrogen (secondary N) is 2. The number of carbonyl (C=O) groups excluding carboxylic acids is 1. The van der Waals surface area contributed by atoms with Gasteiger partial charge >= 0.3 is 0 Å². The summed E-state index contributed by atoms with van der Waals surface area (Å²) in [7, 11) is -2.23. The first kappa shape index (κ1) is 24.9. The first-order valence-corrected chi connectivity index (χ1v) is 13.4. The molecule has 3 aromatic carbocycles. The molecule has 0 fully saturated rings. The number of methoxy groups -OCH3 is 1. The molecule has 0 saturated carbocycles. The van der Waals surface area contributed by atoms with Gasteiger partial charge in [0.15, 0.2) is 5.58 Å². The highest BCUT2D eigenvalue weighted by atomic mass is 35.5. The zero-order valence-corrected chi connectivity index (χ0v) is 21.0. The highest BCUT2D eigenvalue weighted by Crippen LogP contribution is 2.26. The standard InChI is InChI=1S/C24H22ClN3O5S2/c1-32-19-7-5-16(6-8-19)11-12-26-23(29)15-34-24-27-21-14-20(9-10-22(21)33-24)35(30,31)28-18-4-2-3-17(25)13-18/h2-10,13-14,28H,11-12,15H2,1H3,(H,26,29). The Kier molecular flexibility index (Phi) is 7.84. The van der Waals surface area contributed by atoms with E-state index in [9.17, 15) is 13.2 Å². The zero-order chi connectivity index (χ0) is 24.8. The smallest absolute Gasteiger partial charge is 0.261 e. The number of aromatic nitrogens is 1. The zero-order valence-electron chi connectivity index (χ0n) is 18.7. The molecule has 4 aromatic rings. The van der Waals surface area contributed by atoms with Gasteiger partial charge in [0.05, 0.1) is 23.4 Å². The van der Waals surface area contributed by atoms with Crippen LogP contribution in [0.15, 0.2) is 81.3 Å². The number of oxazole rings is 1. The van der Waals surface area contributed by atoms with Crippen LogP contribution in [0, 0.1) is 0 Å². The molecule has 0 spiro atoms. The Morgan fingerprint density at radius 1 is 1.11 bits per heavy atom. The molecule has 182 valence electrons. The summed E-state index contributed by atoms with van der Waals surface area (Å²) in [6.07, 6.45) is 0.698. The molecule has 0 saturated heterocycles. The molecule has 1 aromatic heterocycles. The normalized spacial score (nSPS) is 11.4.